The van der Waals surface area contributed by atoms with Crippen LogP contribution in [0.15, 0.2) is 17.2 Å². The van der Waals surface area contributed by atoms with Gasteiger partial charge in [-0.3, -0.25) is 0 Å². The van der Waals surface area contributed by atoms with Crippen molar-refractivity contribution in [2.45, 2.75) is 43.7 Å². The summed E-state index contributed by atoms with van der Waals surface area (Å²) in [5.74, 6) is 0.426. The second kappa shape index (κ2) is 5.64. The number of hydrogen-bond donors (Lipinski definition) is 2. The average Bonchev–Trinajstić information content (AvgIpc) is 2.88. The molecule has 1 saturated carbocycles. The summed E-state index contributed by atoms with van der Waals surface area (Å²) in [6.45, 7) is 2.77. The molecule has 0 spiro atoms. The second-order valence-electron chi connectivity index (χ2n) is 5.44. The molecule has 0 amide bonds. The minimum absolute atomic E-state index is 0.0814. The van der Waals surface area contributed by atoms with Gasteiger partial charge >= 0.3 is 0 Å². The van der Waals surface area contributed by atoms with Gasteiger partial charge < -0.3 is 9.88 Å². The summed E-state index contributed by atoms with van der Waals surface area (Å²) in [5.41, 5.74) is 0.961. The molecular formula is C13H23N3O2S. The van der Waals surface area contributed by atoms with Gasteiger partial charge in [0, 0.05) is 31.5 Å². The fraction of sp³-hybridized carbons (Fsp3) is 0.692. The Labute approximate surface area is 115 Å². The molecule has 1 aliphatic rings. The van der Waals surface area contributed by atoms with Crippen molar-refractivity contribution in [2.24, 2.45) is 13.0 Å². The predicted octanol–water partition coefficient (Wildman–Crippen LogP) is 1.21. The first-order chi connectivity index (χ1) is 8.94. The third-order valence-electron chi connectivity index (χ3n) is 3.92. The second-order valence-corrected chi connectivity index (χ2v) is 7.16. The van der Waals surface area contributed by atoms with Crippen molar-refractivity contribution in [3.63, 3.8) is 0 Å². The van der Waals surface area contributed by atoms with Crippen LogP contribution in [0.3, 0.4) is 0 Å². The van der Waals surface area contributed by atoms with Crippen LogP contribution >= 0.6 is 0 Å². The predicted molar refractivity (Wildman–Crippen MR) is 75.3 cm³/mol. The van der Waals surface area contributed by atoms with E-state index >= 15 is 0 Å². The van der Waals surface area contributed by atoms with Crippen LogP contribution in [-0.4, -0.2) is 26.1 Å². The quantitative estimate of drug-likeness (QED) is 0.855. The maximum Gasteiger partial charge on any atom is 0.242 e. The van der Waals surface area contributed by atoms with Crippen LogP contribution in [0.5, 0.6) is 0 Å². The van der Waals surface area contributed by atoms with E-state index in [4.69, 9.17) is 0 Å². The van der Waals surface area contributed by atoms with Gasteiger partial charge in [-0.15, -0.1) is 0 Å². The lowest BCUT2D eigenvalue weighted by Gasteiger charge is -2.16. The van der Waals surface area contributed by atoms with Crippen LogP contribution in [0.2, 0.25) is 0 Å². The molecule has 1 aliphatic carbocycles. The molecule has 6 heteroatoms. The molecular weight excluding hydrogens is 262 g/mol. The van der Waals surface area contributed by atoms with Crippen molar-refractivity contribution in [3.8, 4) is 0 Å². The fourth-order valence-corrected chi connectivity index (χ4v) is 4.14. The third-order valence-corrected chi connectivity index (χ3v) is 5.38. The van der Waals surface area contributed by atoms with E-state index in [1.54, 1.807) is 12.3 Å². The SMILES string of the molecule is CNCc1cc(S(=O)(=O)NC2CCCC2C)cn1C. The van der Waals surface area contributed by atoms with Crippen molar-refractivity contribution in [2.75, 3.05) is 7.05 Å². The van der Waals surface area contributed by atoms with Crippen molar-refractivity contribution in [1.82, 2.24) is 14.6 Å². The van der Waals surface area contributed by atoms with E-state index in [1.165, 1.54) is 0 Å². The van der Waals surface area contributed by atoms with Crippen molar-refractivity contribution < 1.29 is 8.42 Å². The first-order valence-electron chi connectivity index (χ1n) is 6.76. The minimum atomic E-state index is -3.40. The fourth-order valence-electron chi connectivity index (χ4n) is 2.67. The molecule has 2 rings (SSSR count). The number of nitrogens with zero attached hydrogens (tertiary/aromatic N) is 1. The molecule has 0 radical (unpaired) electrons. The van der Waals surface area contributed by atoms with E-state index in [-0.39, 0.29) is 6.04 Å². The normalized spacial score (nSPS) is 23.9. The molecule has 19 heavy (non-hydrogen) atoms. The van der Waals surface area contributed by atoms with E-state index in [0.29, 0.717) is 17.4 Å². The third kappa shape index (κ3) is 3.19. The number of aromatic nitrogens is 1. The van der Waals surface area contributed by atoms with Crippen LogP contribution in [0.25, 0.3) is 0 Å². The van der Waals surface area contributed by atoms with Crippen LogP contribution in [0.4, 0.5) is 0 Å². The molecule has 2 N–H and O–H groups in total. The van der Waals surface area contributed by atoms with Gasteiger partial charge in [0.2, 0.25) is 10.0 Å². The molecule has 1 aromatic rings. The van der Waals surface area contributed by atoms with Crippen LogP contribution in [-0.2, 0) is 23.6 Å². The lowest BCUT2D eigenvalue weighted by molar-refractivity contribution is 0.476. The molecule has 2 atom stereocenters. The number of hydrogen-bond acceptors (Lipinski definition) is 3. The van der Waals surface area contributed by atoms with Crippen molar-refractivity contribution in [3.05, 3.63) is 18.0 Å². The Morgan fingerprint density at radius 2 is 2.16 bits per heavy atom. The highest BCUT2D eigenvalue weighted by Crippen LogP contribution is 2.26. The summed E-state index contributed by atoms with van der Waals surface area (Å²) < 4.78 is 29.4. The summed E-state index contributed by atoms with van der Waals surface area (Å²) in [7, 11) is 0.317. The molecule has 2 unspecified atom stereocenters. The van der Waals surface area contributed by atoms with E-state index in [2.05, 4.69) is 17.0 Å². The molecule has 0 saturated heterocycles. The smallest absolute Gasteiger partial charge is 0.242 e. The zero-order valence-corrected chi connectivity index (χ0v) is 12.6. The summed E-state index contributed by atoms with van der Waals surface area (Å²) in [6, 6.07) is 1.82. The Hall–Kier alpha value is -0.850. The molecule has 5 nitrogen and oxygen atoms in total. The zero-order chi connectivity index (χ0) is 14.0. The molecule has 108 valence electrons. The Balaban J connectivity index is 2.17. The molecule has 1 fully saturated rings. The van der Waals surface area contributed by atoms with Crippen molar-refractivity contribution >= 4 is 10.0 Å². The summed E-state index contributed by atoms with van der Waals surface area (Å²) >= 11 is 0. The Kier molecular flexibility index (Phi) is 4.32. The Bertz CT molecular complexity index is 536. The van der Waals surface area contributed by atoms with Gasteiger partial charge in [-0.2, -0.15) is 0 Å². The summed E-state index contributed by atoms with van der Waals surface area (Å²) in [6.07, 6.45) is 4.83. The van der Waals surface area contributed by atoms with Crippen molar-refractivity contribution in [1.29, 1.82) is 0 Å². The molecule has 0 aromatic carbocycles. The monoisotopic (exact) mass is 285 g/mol. The highest BCUT2D eigenvalue weighted by molar-refractivity contribution is 7.89. The molecule has 1 heterocycles. The van der Waals surface area contributed by atoms with Gasteiger partial charge in [0.25, 0.3) is 0 Å². The highest BCUT2D eigenvalue weighted by Gasteiger charge is 2.29. The van der Waals surface area contributed by atoms with Gasteiger partial charge in [0.1, 0.15) is 0 Å². The average molecular weight is 285 g/mol. The zero-order valence-electron chi connectivity index (χ0n) is 11.8. The topological polar surface area (TPSA) is 63.1 Å². The van der Waals surface area contributed by atoms with E-state index in [0.717, 1.165) is 25.0 Å². The summed E-state index contributed by atoms with van der Waals surface area (Å²) in [5, 5.41) is 3.03. The largest absolute Gasteiger partial charge is 0.352 e. The summed E-state index contributed by atoms with van der Waals surface area (Å²) in [4.78, 5) is 0.361. The maximum atomic E-state index is 12.4. The van der Waals surface area contributed by atoms with Gasteiger partial charge in [-0.25, -0.2) is 13.1 Å². The van der Waals surface area contributed by atoms with Gasteiger partial charge in [0.05, 0.1) is 4.90 Å². The number of nitrogens with one attached hydrogen (secondary N) is 2. The maximum absolute atomic E-state index is 12.4. The lowest BCUT2D eigenvalue weighted by atomic mass is 10.1. The van der Waals surface area contributed by atoms with Gasteiger partial charge in [-0.1, -0.05) is 13.3 Å². The number of rotatable bonds is 5. The Morgan fingerprint density at radius 3 is 2.74 bits per heavy atom. The molecule has 0 aliphatic heterocycles. The Morgan fingerprint density at radius 1 is 1.42 bits per heavy atom. The number of aryl methyl sites for hydroxylation is 1. The van der Waals surface area contributed by atoms with E-state index < -0.39 is 10.0 Å². The molecule has 0 bridgehead atoms. The first kappa shape index (κ1) is 14.6. The van der Waals surface area contributed by atoms with Gasteiger partial charge in [-0.05, 0) is 31.9 Å². The lowest BCUT2D eigenvalue weighted by Crippen LogP contribution is -2.36. The minimum Gasteiger partial charge on any atom is -0.352 e. The van der Waals surface area contributed by atoms with Crippen LogP contribution in [0, 0.1) is 5.92 Å². The van der Waals surface area contributed by atoms with Gasteiger partial charge in [0.15, 0.2) is 0 Å². The number of sulfonamides is 1. The standard InChI is InChI=1S/C13H23N3O2S/c1-10-5-4-6-13(10)15-19(17,18)12-7-11(8-14-2)16(3)9-12/h7,9-10,13-15H,4-6,8H2,1-3H3. The van der Waals surface area contributed by atoms with E-state index in [9.17, 15) is 8.42 Å². The van der Waals surface area contributed by atoms with E-state index in [1.807, 2.05) is 18.7 Å². The molecule has 1 aromatic heterocycles. The van der Waals surface area contributed by atoms with Crippen LogP contribution in [0.1, 0.15) is 31.9 Å². The highest BCUT2D eigenvalue weighted by atomic mass is 32.2. The van der Waals surface area contributed by atoms with Crippen LogP contribution < -0.4 is 10.0 Å². The first-order valence-corrected chi connectivity index (χ1v) is 8.24.